The predicted octanol–water partition coefficient (Wildman–Crippen LogP) is 3.13. The highest BCUT2D eigenvalue weighted by Crippen LogP contribution is 2.14. The van der Waals surface area contributed by atoms with Crippen LogP contribution in [0.15, 0.2) is 36.5 Å². The first-order chi connectivity index (χ1) is 9.06. The number of rotatable bonds is 3. The van der Waals surface area contributed by atoms with Crippen LogP contribution in [0.4, 0.5) is 5.69 Å². The molecule has 0 atom stereocenters. The van der Waals surface area contributed by atoms with E-state index >= 15 is 0 Å². The van der Waals surface area contributed by atoms with Crippen molar-refractivity contribution in [3.8, 4) is 0 Å². The topological polar surface area (TPSA) is 29.0 Å². The fourth-order valence-electron chi connectivity index (χ4n) is 1.85. The van der Waals surface area contributed by atoms with Crippen LogP contribution < -0.4 is 10.6 Å². The van der Waals surface area contributed by atoms with Crippen molar-refractivity contribution in [1.29, 1.82) is 0 Å². The predicted molar refractivity (Wildman–Crippen MR) is 84.4 cm³/mol. The number of thiocarbonyl (C=S) groups is 1. The molecule has 0 aliphatic rings. The van der Waals surface area contributed by atoms with Crippen LogP contribution in [0.5, 0.6) is 0 Å². The number of aryl methyl sites for hydroxylation is 3. The molecule has 0 aliphatic carbocycles. The van der Waals surface area contributed by atoms with Gasteiger partial charge in [0, 0.05) is 24.6 Å². The van der Waals surface area contributed by atoms with Crippen molar-refractivity contribution in [3.63, 3.8) is 0 Å². The summed E-state index contributed by atoms with van der Waals surface area (Å²) in [5, 5.41) is 7.05. The van der Waals surface area contributed by atoms with Gasteiger partial charge in [-0.2, -0.15) is 0 Å². The summed E-state index contributed by atoms with van der Waals surface area (Å²) in [6, 6.07) is 10.3. The van der Waals surface area contributed by atoms with E-state index in [2.05, 4.69) is 47.2 Å². The van der Waals surface area contributed by atoms with E-state index in [0.717, 1.165) is 12.2 Å². The van der Waals surface area contributed by atoms with Crippen molar-refractivity contribution in [3.05, 3.63) is 53.3 Å². The summed E-state index contributed by atoms with van der Waals surface area (Å²) >= 11 is 5.30. The molecule has 1 aromatic carbocycles. The lowest BCUT2D eigenvalue weighted by molar-refractivity contribution is 0.783. The van der Waals surface area contributed by atoms with E-state index in [4.69, 9.17) is 12.2 Å². The molecule has 0 amide bonds. The molecule has 100 valence electrons. The number of anilines is 1. The van der Waals surface area contributed by atoms with E-state index in [1.807, 2.05) is 25.4 Å². The molecule has 0 fully saturated rings. The van der Waals surface area contributed by atoms with Gasteiger partial charge in [-0.15, -0.1) is 0 Å². The highest BCUT2D eigenvalue weighted by Gasteiger charge is 2.01. The summed E-state index contributed by atoms with van der Waals surface area (Å²) < 4.78 is 2.08. The molecular weight excluding hydrogens is 254 g/mol. The molecule has 1 aromatic heterocycles. The second kappa shape index (κ2) is 5.89. The molecule has 19 heavy (non-hydrogen) atoms. The normalized spacial score (nSPS) is 10.3. The van der Waals surface area contributed by atoms with Crippen LogP contribution in [-0.4, -0.2) is 9.68 Å². The van der Waals surface area contributed by atoms with Gasteiger partial charge in [0.15, 0.2) is 5.11 Å². The van der Waals surface area contributed by atoms with Gasteiger partial charge >= 0.3 is 0 Å². The molecule has 1 heterocycles. The Morgan fingerprint density at radius 2 is 2.00 bits per heavy atom. The number of aromatic nitrogens is 1. The highest BCUT2D eigenvalue weighted by molar-refractivity contribution is 7.80. The molecule has 2 N–H and O–H groups in total. The first-order valence-electron chi connectivity index (χ1n) is 6.28. The fourth-order valence-corrected chi connectivity index (χ4v) is 2.04. The highest BCUT2D eigenvalue weighted by atomic mass is 32.1. The Hall–Kier alpha value is -1.81. The summed E-state index contributed by atoms with van der Waals surface area (Å²) in [5.41, 5.74) is 4.76. The van der Waals surface area contributed by atoms with Crippen molar-refractivity contribution < 1.29 is 0 Å². The van der Waals surface area contributed by atoms with E-state index in [9.17, 15) is 0 Å². The smallest absolute Gasteiger partial charge is 0.171 e. The molecule has 4 heteroatoms. The Morgan fingerprint density at radius 3 is 2.63 bits per heavy atom. The van der Waals surface area contributed by atoms with Crippen LogP contribution >= 0.6 is 12.2 Å². The van der Waals surface area contributed by atoms with E-state index < -0.39 is 0 Å². The fraction of sp³-hybridized carbons (Fsp3) is 0.267. The summed E-state index contributed by atoms with van der Waals surface area (Å²) in [6.45, 7) is 4.92. The average Bonchev–Trinajstić information content (AvgIpc) is 2.77. The molecule has 0 saturated heterocycles. The van der Waals surface area contributed by atoms with Gasteiger partial charge in [-0.25, -0.2) is 0 Å². The first kappa shape index (κ1) is 13.6. The number of hydrogen-bond donors (Lipinski definition) is 2. The minimum Gasteiger partial charge on any atom is -0.357 e. The van der Waals surface area contributed by atoms with E-state index in [-0.39, 0.29) is 0 Å². The molecule has 0 radical (unpaired) electrons. The monoisotopic (exact) mass is 273 g/mol. The quantitative estimate of drug-likeness (QED) is 0.842. The van der Waals surface area contributed by atoms with Crippen molar-refractivity contribution in [2.45, 2.75) is 20.4 Å². The van der Waals surface area contributed by atoms with Crippen LogP contribution in [0, 0.1) is 13.8 Å². The Labute approximate surface area is 119 Å². The number of hydrogen-bond acceptors (Lipinski definition) is 1. The van der Waals surface area contributed by atoms with Crippen molar-refractivity contribution in [2.24, 2.45) is 7.05 Å². The van der Waals surface area contributed by atoms with Crippen LogP contribution in [0.2, 0.25) is 0 Å². The summed E-state index contributed by atoms with van der Waals surface area (Å²) in [7, 11) is 2.02. The molecule has 0 saturated carbocycles. The Bertz CT molecular complexity index is 587. The Morgan fingerprint density at radius 1 is 1.21 bits per heavy atom. The van der Waals surface area contributed by atoms with E-state index in [1.165, 1.54) is 16.8 Å². The van der Waals surface area contributed by atoms with Gasteiger partial charge in [0.25, 0.3) is 0 Å². The zero-order valence-corrected chi connectivity index (χ0v) is 12.3. The van der Waals surface area contributed by atoms with E-state index in [0.29, 0.717) is 5.11 Å². The summed E-state index contributed by atoms with van der Waals surface area (Å²) in [6.07, 6.45) is 2.02. The van der Waals surface area contributed by atoms with Gasteiger partial charge in [-0.1, -0.05) is 6.07 Å². The molecular formula is C15H19N3S. The number of benzene rings is 1. The first-order valence-corrected chi connectivity index (χ1v) is 6.69. The minimum absolute atomic E-state index is 0.643. The van der Waals surface area contributed by atoms with Crippen LogP contribution in [0.1, 0.15) is 16.8 Å². The lowest BCUT2D eigenvalue weighted by Crippen LogP contribution is -2.28. The molecule has 0 spiro atoms. The van der Waals surface area contributed by atoms with Crippen molar-refractivity contribution >= 4 is 23.0 Å². The van der Waals surface area contributed by atoms with Gasteiger partial charge < -0.3 is 15.2 Å². The third kappa shape index (κ3) is 3.58. The van der Waals surface area contributed by atoms with Gasteiger partial charge in [-0.05, 0) is 61.5 Å². The van der Waals surface area contributed by atoms with Gasteiger partial charge in [-0.3, -0.25) is 0 Å². The third-order valence-corrected chi connectivity index (χ3v) is 3.49. The average molecular weight is 273 g/mol. The Kier molecular flexibility index (Phi) is 4.22. The SMILES string of the molecule is Cc1ccc(NC(=S)NCc2cccn2C)cc1C. The van der Waals surface area contributed by atoms with Gasteiger partial charge in [0.2, 0.25) is 0 Å². The molecule has 2 rings (SSSR count). The maximum Gasteiger partial charge on any atom is 0.171 e. The number of nitrogens with zero attached hydrogens (tertiary/aromatic N) is 1. The van der Waals surface area contributed by atoms with Crippen molar-refractivity contribution in [1.82, 2.24) is 9.88 Å². The Balaban J connectivity index is 1.91. The van der Waals surface area contributed by atoms with Gasteiger partial charge in [0.1, 0.15) is 0 Å². The number of nitrogens with one attached hydrogen (secondary N) is 2. The lowest BCUT2D eigenvalue weighted by atomic mass is 10.1. The summed E-state index contributed by atoms with van der Waals surface area (Å²) in [5.74, 6) is 0. The summed E-state index contributed by atoms with van der Waals surface area (Å²) in [4.78, 5) is 0. The van der Waals surface area contributed by atoms with Gasteiger partial charge in [0.05, 0.1) is 6.54 Å². The molecule has 0 aliphatic heterocycles. The largest absolute Gasteiger partial charge is 0.357 e. The molecule has 3 nitrogen and oxygen atoms in total. The van der Waals surface area contributed by atoms with E-state index in [1.54, 1.807) is 0 Å². The second-order valence-corrected chi connectivity index (χ2v) is 5.13. The zero-order valence-electron chi connectivity index (χ0n) is 11.5. The maximum absolute atomic E-state index is 5.30. The van der Waals surface area contributed by atoms with Crippen LogP contribution in [0.25, 0.3) is 0 Å². The zero-order chi connectivity index (χ0) is 13.8. The van der Waals surface area contributed by atoms with Crippen molar-refractivity contribution in [2.75, 3.05) is 5.32 Å². The minimum atomic E-state index is 0.643. The maximum atomic E-state index is 5.30. The standard InChI is InChI=1S/C15H19N3S/c1-11-6-7-13(9-12(11)2)17-15(19)16-10-14-5-4-8-18(14)3/h4-9H,10H2,1-3H3,(H2,16,17,19). The van der Waals surface area contributed by atoms with Crippen LogP contribution in [-0.2, 0) is 13.6 Å². The van der Waals surface area contributed by atoms with Crippen LogP contribution in [0.3, 0.4) is 0 Å². The lowest BCUT2D eigenvalue weighted by Gasteiger charge is -2.12. The molecule has 2 aromatic rings. The molecule has 0 unspecified atom stereocenters. The third-order valence-electron chi connectivity index (χ3n) is 3.25. The second-order valence-electron chi connectivity index (χ2n) is 4.72. The molecule has 0 bridgehead atoms.